The smallest absolute Gasteiger partial charge is 0.123 e. The van der Waals surface area contributed by atoms with Gasteiger partial charge in [0.05, 0.1) is 33.0 Å². The zero-order valence-corrected chi connectivity index (χ0v) is 8.13. The standard InChI is InChI=1S/C7H16O4S/c1-9-7(12)6-11-5-4-10-3-2-8/h7-8,12H,2-6H2,1H3. The van der Waals surface area contributed by atoms with Crippen molar-refractivity contribution >= 4 is 12.6 Å². The second-order valence-corrected chi connectivity index (χ2v) is 2.68. The first-order chi connectivity index (χ1) is 5.81. The molecule has 1 N–H and O–H groups in total. The van der Waals surface area contributed by atoms with E-state index in [1.54, 1.807) is 7.11 Å². The molecule has 1 unspecified atom stereocenters. The van der Waals surface area contributed by atoms with E-state index in [0.29, 0.717) is 26.4 Å². The molecule has 0 aromatic rings. The monoisotopic (exact) mass is 196 g/mol. The molecule has 0 spiro atoms. The number of hydrogen-bond acceptors (Lipinski definition) is 5. The highest BCUT2D eigenvalue weighted by molar-refractivity contribution is 7.80. The fraction of sp³-hybridized carbons (Fsp3) is 1.00. The van der Waals surface area contributed by atoms with Crippen LogP contribution in [-0.2, 0) is 14.2 Å². The van der Waals surface area contributed by atoms with Gasteiger partial charge in [-0.2, -0.15) is 0 Å². The van der Waals surface area contributed by atoms with E-state index in [0.717, 1.165) is 0 Å². The van der Waals surface area contributed by atoms with Crippen molar-refractivity contribution in [1.82, 2.24) is 0 Å². The van der Waals surface area contributed by atoms with Gasteiger partial charge >= 0.3 is 0 Å². The summed E-state index contributed by atoms with van der Waals surface area (Å²) in [6, 6.07) is 0. The van der Waals surface area contributed by atoms with Gasteiger partial charge in [0.15, 0.2) is 0 Å². The van der Waals surface area contributed by atoms with Gasteiger partial charge in [0.2, 0.25) is 0 Å². The second kappa shape index (κ2) is 9.28. The van der Waals surface area contributed by atoms with E-state index in [9.17, 15) is 0 Å². The Bertz CT molecular complexity index is 91.5. The van der Waals surface area contributed by atoms with Gasteiger partial charge in [-0.05, 0) is 0 Å². The molecule has 0 aromatic carbocycles. The lowest BCUT2D eigenvalue weighted by Gasteiger charge is -2.09. The lowest BCUT2D eigenvalue weighted by Crippen LogP contribution is -2.14. The van der Waals surface area contributed by atoms with Crippen LogP contribution in [0.3, 0.4) is 0 Å². The summed E-state index contributed by atoms with van der Waals surface area (Å²) in [7, 11) is 1.57. The predicted octanol–water partition coefficient (Wildman–Crippen LogP) is -0.0858. The van der Waals surface area contributed by atoms with Crippen LogP contribution in [0.4, 0.5) is 0 Å². The van der Waals surface area contributed by atoms with Gasteiger partial charge in [-0.1, -0.05) is 0 Å². The van der Waals surface area contributed by atoms with Crippen LogP contribution in [-0.4, -0.2) is 50.7 Å². The SMILES string of the molecule is COC(S)COCCOCCO. The van der Waals surface area contributed by atoms with Crippen molar-refractivity contribution in [2.45, 2.75) is 5.44 Å². The van der Waals surface area contributed by atoms with Crippen LogP contribution in [0.5, 0.6) is 0 Å². The van der Waals surface area contributed by atoms with E-state index >= 15 is 0 Å². The number of aliphatic hydroxyl groups excluding tert-OH is 1. The average molecular weight is 196 g/mol. The molecule has 0 aliphatic heterocycles. The molecule has 0 saturated heterocycles. The summed E-state index contributed by atoms with van der Waals surface area (Å²) in [4.78, 5) is 0. The first-order valence-electron chi connectivity index (χ1n) is 3.78. The molecule has 0 bridgehead atoms. The maximum absolute atomic E-state index is 8.35. The van der Waals surface area contributed by atoms with Gasteiger partial charge in [-0.3, -0.25) is 0 Å². The molecular weight excluding hydrogens is 180 g/mol. The van der Waals surface area contributed by atoms with Crippen molar-refractivity contribution in [3.63, 3.8) is 0 Å². The van der Waals surface area contributed by atoms with Crippen LogP contribution in [0, 0.1) is 0 Å². The number of hydrogen-bond donors (Lipinski definition) is 2. The number of methoxy groups -OCH3 is 1. The molecular formula is C7H16O4S. The molecule has 0 aliphatic rings. The molecule has 0 amide bonds. The van der Waals surface area contributed by atoms with E-state index in [2.05, 4.69) is 12.6 Å². The fourth-order valence-corrected chi connectivity index (χ4v) is 0.642. The summed E-state index contributed by atoms with van der Waals surface area (Å²) in [6.45, 7) is 1.85. The van der Waals surface area contributed by atoms with Crippen molar-refractivity contribution in [3.8, 4) is 0 Å². The van der Waals surface area contributed by atoms with Crippen molar-refractivity contribution in [2.75, 3.05) is 40.1 Å². The zero-order valence-electron chi connectivity index (χ0n) is 7.23. The van der Waals surface area contributed by atoms with Gasteiger partial charge in [-0.15, -0.1) is 12.6 Å². The zero-order chi connectivity index (χ0) is 9.23. The number of rotatable bonds is 8. The molecule has 0 aromatic heterocycles. The Morgan fingerprint density at radius 1 is 1.25 bits per heavy atom. The molecule has 74 valence electrons. The second-order valence-electron chi connectivity index (χ2n) is 2.10. The highest BCUT2D eigenvalue weighted by Crippen LogP contribution is 1.95. The largest absolute Gasteiger partial charge is 0.394 e. The molecule has 0 rings (SSSR count). The number of ether oxygens (including phenoxy) is 3. The maximum atomic E-state index is 8.35. The first kappa shape index (κ1) is 12.2. The minimum Gasteiger partial charge on any atom is -0.394 e. The van der Waals surface area contributed by atoms with Crippen LogP contribution in [0.1, 0.15) is 0 Å². The highest BCUT2D eigenvalue weighted by Gasteiger charge is 1.98. The summed E-state index contributed by atoms with van der Waals surface area (Å²) in [5.74, 6) is 0. The summed E-state index contributed by atoms with van der Waals surface area (Å²) in [5.41, 5.74) is -0.178. The lowest BCUT2D eigenvalue weighted by atomic mass is 10.7. The average Bonchev–Trinajstić information content (AvgIpc) is 2.10. The summed E-state index contributed by atoms with van der Waals surface area (Å²) >= 11 is 4.05. The molecule has 0 heterocycles. The van der Waals surface area contributed by atoms with Crippen molar-refractivity contribution < 1.29 is 19.3 Å². The van der Waals surface area contributed by atoms with Crippen molar-refractivity contribution in [1.29, 1.82) is 0 Å². The molecule has 4 nitrogen and oxygen atoms in total. The van der Waals surface area contributed by atoms with Gasteiger partial charge in [0, 0.05) is 7.11 Å². The molecule has 0 aliphatic carbocycles. The van der Waals surface area contributed by atoms with Crippen molar-refractivity contribution in [3.05, 3.63) is 0 Å². The quantitative estimate of drug-likeness (QED) is 0.324. The van der Waals surface area contributed by atoms with E-state index in [4.69, 9.17) is 19.3 Å². The highest BCUT2D eigenvalue weighted by atomic mass is 32.1. The molecule has 0 radical (unpaired) electrons. The molecule has 12 heavy (non-hydrogen) atoms. The predicted molar refractivity (Wildman–Crippen MR) is 48.5 cm³/mol. The minimum absolute atomic E-state index is 0.0489. The topological polar surface area (TPSA) is 47.9 Å². The summed E-state index contributed by atoms with van der Waals surface area (Å²) < 4.78 is 14.9. The molecule has 1 atom stereocenters. The Hall–Kier alpha value is 0.190. The van der Waals surface area contributed by atoms with Gasteiger partial charge in [0.25, 0.3) is 0 Å². The summed E-state index contributed by atoms with van der Waals surface area (Å²) in [6.07, 6.45) is 0. The van der Waals surface area contributed by atoms with E-state index in [1.807, 2.05) is 0 Å². The van der Waals surface area contributed by atoms with E-state index < -0.39 is 0 Å². The summed E-state index contributed by atoms with van der Waals surface area (Å²) in [5, 5.41) is 8.35. The Balaban J connectivity index is 2.90. The van der Waals surface area contributed by atoms with Gasteiger partial charge < -0.3 is 19.3 Å². The van der Waals surface area contributed by atoms with Gasteiger partial charge in [-0.25, -0.2) is 0 Å². The third-order valence-corrected chi connectivity index (χ3v) is 1.50. The Morgan fingerprint density at radius 3 is 2.50 bits per heavy atom. The van der Waals surface area contributed by atoms with Crippen LogP contribution in [0.15, 0.2) is 0 Å². The van der Waals surface area contributed by atoms with Crippen LogP contribution in [0.25, 0.3) is 0 Å². The number of thiol groups is 1. The third kappa shape index (κ3) is 8.29. The third-order valence-electron chi connectivity index (χ3n) is 1.14. The van der Waals surface area contributed by atoms with E-state index in [-0.39, 0.29) is 12.0 Å². The normalized spacial score (nSPS) is 13.2. The number of aliphatic hydroxyl groups is 1. The molecule has 5 heteroatoms. The van der Waals surface area contributed by atoms with Crippen LogP contribution in [0.2, 0.25) is 0 Å². The van der Waals surface area contributed by atoms with Crippen LogP contribution >= 0.6 is 12.6 Å². The van der Waals surface area contributed by atoms with E-state index in [1.165, 1.54) is 0 Å². The fourth-order valence-electron chi connectivity index (χ4n) is 0.537. The Labute approximate surface area is 78.2 Å². The minimum atomic E-state index is -0.178. The maximum Gasteiger partial charge on any atom is 0.123 e. The molecule has 0 saturated carbocycles. The van der Waals surface area contributed by atoms with Crippen molar-refractivity contribution in [2.24, 2.45) is 0 Å². The Morgan fingerprint density at radius 2 is 1.92 bits per heavy atom. The Kier molecular flexibility index (Phi) is 9.43. The lowest BCUT2D eigenvalue weighted by molar-refractivity contribution is 0.00864. The van der Waals surface area contributed by atoms with Crippen LogP contribution < -0.4 is 0 Å². The first-order valence-corrected chi connectivity index (χ1v) is 4.30. The molecule has 0 fully saturated rings. The van der Waals surface area contributed by atoms with Gasteiger partial charge in [0.1, 0.15) is 5.44 Å².